The Morgan fingerprint density at radius 3 is 2.32 bits per heavy atom. The van der Waals surface area contributed by atoms with Crippen LogP contribution in [0.25, 0.3) is 0 Å². The summed E-state index contributed by atoms with van der Waals surface area (Å²) < 4.78 is 4.74. The molecule has 0 fully saturated rings. The average Bonchev–Trinajstić information content (AvgIpc) is 2.67. The van der Waals surface area contributed by atoms with Crippen molar-refractivity contribution >= 4 is 29.9 Å². The minimum atomic E-state index is -0.870. The van der Waals surface area contributed by atoms with Crippen LogP contribution in [-0.4, -0.2) is 76.0 Å². The molecule has 0 aromatic heterocycles. The number of unbranched alkanes of at least 4 members (excludes halogenated alkanes) is 2. The predicted molar refractivity (Wildman–Crippen MR) is 101 cm³/mol. The summed E-state index contributed by atoms with van der Waals surface area (Å²) in [6.07, 6.45) is 3.55. The number of nitrogens with one attached hydrogen (secondary N) is 5. The van der Waals surface area contributed by atoms with Gasteiger partial charge in [0.2, 0.25) is 23.6 Å². The summed E-state index contributed by atoms with van der Waals surface area (Å²) >= 11 is 0. The Hall–Kier alpha value is -2.53. The van der Waals surface area contributed by atoms with Crippen molar-refractivity contribution in [3.63, 3.8) is 0 Å². The number of rotatable bonds is 16. The third kappa shape index (κ3) is 14.6. The van der Waals surface area contributed by atoms with Gasteiger partial charge in [0.05, 0.1) is 13.1 Å². The molecule has 28 heavy (non-hydrogen) atoms. The highest BCUT2D eigenvalue weighted by Gasteiger charge is 2.16. The van der Waals surface area contributed by atoms with Crippen molar-refractivity contribution < 1.29 is 28.7 Å². The van der Waals surface area contributed by atoms with Gasteiger partial charge in [-0.25, -0.2) is 0 Å². The second-order valence-corrected chi connectivity index (χ2v) is 5.98. The molecule has 0 aromatic carbocycles. The number of carbonyl (C=O) groups is 5. The summed E-state index contributed by atoms with van der Waals surface area (Å²) in [7, 11) is 1.87. The molecule has 5 N–H and O–H groups in total. The van der Waals surface area contributed by atoms with E-state index < -0.39 is 23.8 Å². The Morgan fingerprint density at radius 1 is 0.929 bits per heavy atom. The number of carbonyl (C=O) groups excluding carboxylic acids is 5. The van der Waals surface area contributed by atoms with E-state index in [0.29, 0.717) is 12.7 Å². The van der Waals surface area contributed by atoms with Crippen LogP contribution in [0.5, 0.6) is 0 Å². The first-order valence-corrected chi connectivity index (χ1v) is 9.17. The molecule has 1 atom stereocenters. The molecular weight excluding hydrogens is 370 g/mol. The van der Waals surface area contributed by atoms with Crippen LogP contribution in [0, 0.1) is 0 Å². The van der Waals surface area contributed by atoms with E-state index >= 15 is 0 Å². The van der Waals surface area contributed by atoms with Crippen molar-refractivity contribution in [2.24, 2.45) is 0 Å². The SMILES string of the molecule is CNCCCCCC(=O)NCC(=O)NC(C)C(=O)NCC(=O)NCOCC=O. The summed E-state index contributed by atoms with van der Waals surface area (Å²) in [6.45, 7) is 1.56. The van der Waals surface area contributed by atoms with Gasteiger partial charge in [0.15, 0.2) is 0 Å². The van der Waals surface area contributed by atoms with Crippen LogP contribution >= 0.6 is 0 Å². The maximum Gasteiger partial charge on any atom is 0.242 e. The maximum absolute atomic E-state index is 11.8. The molecule has 0 aliphatic heterocycles. The van der Waals surface area contributed by atoms with Crippen LogP contribution < -0.4 is 26.6 Å². The number of hydrogen-bond donors (Lipinski definition) is 5. The van der Waals surface area contributed by atoms with Crippen molar-refractivity contribution in [2.75, 3.05) is 40.0 Å². The van der Waals surface area contributed by atoms with E-state index in [1.54, 1.807) is 0 Å². The van der Waals surface area contributed by atoms with E-state index in [0.717, 1.165) is 25.8 Å². The zero-order valence-corrected chi connectivity index (χ0v) is 16.5. The molecule has 0 saturated heterocycles. The highest BCUT2D eigenvalue weighted by molar-refractivity contribution is 5.91. The molecule has 11 nitrogen and oxygen atoms in total. The Morgan fingerprint density at radius 2 is 1.64 bits per heavy atom. The van der Waals surface area contributed by atoms with E-state index in [9.17, 15) is 24.0 Å². The molecule has 0 rings (SSSR count). The molecule has 4 amide bonds. The predicted octanol–water partition coefficient (Wildman–Crippen LogP) is -2.21. The van der Waals surface area contributed by atoms with Gasteiger partial charge in [-0.05, 0) is 33.4 Å². The molecule has 160 valence electrons. The van der Waals surface area contributed by atoms with Crippen molar-refractivity contribution in [1.82, 2.24) is 26.6 Å². The second kappa shape index (κ2) is 16.6. The fourth-order valence-electron chi connectivity index (χ4n) is 2.01. The normalized spacial score (nSPS) is 11.2. The van der Waals surface area contributed by atoms with Gasteiger partial charge in [0.25, 0.3) is 0 Å². The number of hydrogen-bond acceptors (Lipinski definition) is 7. The Labute approximate surface area is 164 Å². The van der Waals surface area contributed by atoms with Gasteiger partial charge >= 0.3 is 0 Å². The monoisotopic (exact) mass is 401 g/mol. The van der Waals surface area contributed by atoms with E-state index in [4.69, 9.17) is 4.74 Å². The van der Waals surface area contributed by atoms with Gasteiger partial charge in [-0.15, -0.1) is 0 Å². The zero-order chi connectivity index (χ0) is 21.2. The third-order valence-electron chi connectivity index (χ3n) is 3.53. The van der Waals surface area contributed by atoms with Crippen LogP contribution in [0.1, 0.15) is 32.6 Å². The van der Waals surface area contributed by atoms with Crippen LogP contribution in [0.2, 0.25) is 0 Å². The molecule has 0 spiro atoms. The fraction of sp³-hybridized carbons (Fsp3) is 0.706. The van der Waals surface area contributed by atoms with Crippen LogP contribution in [0.4, 0.5) is 0 Å². The Bertz CT molecular complexity index is 514. The standard InChI is InChI=1S/C17H31N5O6/c1-13(17(27)20-10-15(25)21-12-28-9-8-23)22-16(26)11-19-14(24)6-4-3-5-7-18-2/h8,13,18H,3-7,9-12H2,1-2H3,(H,19,24)(H,20,27)(H,21,25)(H,22,26). The average molecular weight is 401 g/mol. The van der Waals surface area contributed by atoms with E-state index in [1.807, 2.05) is 7.05 Å². The summed E-state index contributed by atoms with van der Waals surface area (Å²) in [4.78, 5) is 56.8. The van der Waals surface area contributed by atoms with Crippen molar-refractivity contribution in [3.05, 3.63) is 0 Å². The minimum absolute atomic E-state index is 0.136. The van der Waals surface area contributed by atoms with Gasteiger partial charge in [0.1, 0.15) is 25.7 Å². The largest absolute Gasteiger partial charge is 0.354 e. The van der Waals surface area contributed by atoms with Crippen molar-refractivity contribution in [2.45, 2.75) is 38.6 Å². The fourth-order valence-corrected chi connectivity index (χ4v) is 2.01. The van der Waals surface area contributed by atoms with Crippen LogP contribution in [0.3, 0.4) is 0 Å². The smallest absolute Gasteiger partial charge is 0.242 e. The van der Waals surface area contributed by atoms with Gasteiger partial charge in [-0.3, -0.25) is 19.2 Å². The van der Waals surface area contributed by atoms with Crippen molar-refractivity contribution in [3.8, 4) is 0 Å². The van der Waals surface area contributed by atoms with Gasteiger partial charge in [-0.1, -0.05) is 6.42 Å². The molecule has 0 bridgehead atoms. The molecule has 0 heterocycles. The number of ether oxygens (including phenoxy) is 1. The molecule has 0 aliphatic rings. The molecule has 0 aliphatic carbocycles. The lowest BCUT2D eigenvalue weighted by atomic mass is 10.2. The molecule has 0 saturated carbocycles. The Balaban J connectivity index is 3.87. The quantitative estimate of drug-likeness (QED) is 0.112. The lowest BCUT2D eigenvalue weighted by Gasteiger charge is -2.14. The first-order chi connectivity index (χ1) is 13.4. The summed E-state index contributed by atoms with van der Waals surface area (Å²) in [5.74, 6) is -1.77. The highest BCUT2D eigenvalue weighted by Crippen LogP contribution is 1.98. The molecule has 0 radical (unpaired) electrons. The lowest BCUT2D eigenvalue weighted by molar-refractivity contribution is -0.130. The maximum atomic E-state index is 11.8. The molecular formula is C17H31N5O6. The zero-order valence-electron chi connectivity index (χ0n) is 16.5. The molecule has 11 heteroatoms. The lowest BCUT2D eigenvalue weighted by Crippen LogP contribution is -2.49. The number of amides is 4. The van der Waals surface area contributed by atoms with Crippen molar-refractivity contribution in [1.29, 1.82) is 0 Å². The minimum Gasteiger partial charge on any atom is -0.354 e. The summed E-state index contributed by atoms with van der Waals surface area (Å²) in [6, 6.07) is -0.870. The molecule has 0 aromatic rings. The van der Waals surface area contributed by atoms with E-state index in [2.05, 4.69) is 26.6 Å². The highest BCUT2D eigenvalue weighted by atomic mass is 16.5. The van der Waals surface area contributed by atoms with E-state index in [1.165, 1.54) is 6.92 Å². The third-order valence-corrected chi connectivity index (χ3v) is 3.53. The van der Waals surface area contributed by atoms with Gasteiger partial charge in [0, 0.05) is 6.42 Å². The van der Waals surface area contributed by atoms with Crippen LogP contribution in [0.15, 0.2) is 0 Å². The summed E-state index contributed by atoms with van der Waals surface area (Å²) in [5.41, 5.74) is 0. The van der Waals surface area contributed by atoms with E-state index in [-0.39, 0.29) is 32.3 Å². The first-order valence-electron chi connectivity index (χ1n) is 9.17. The van der Waals surface area contributed by atoms with Gasteiger partial charge in [-0.2, -0.15) is 0 Å². The van der Waals surface area contributed by atoms with Crippen LogP contribution in [-0.2, 0) is 28.7 Å². The topological polar surface area (TPSA) is 155 Å². The first kappa shape index (κ1) is 25.5. The van der Waals surface area contributed by atoms with Gasteiger partial charge < -0.3 is 36.1 Å². The molecule has 1 unspecified atom stereocenters. The number of aldehydes is 1. The second-order valence-electron chi connectivity index (χ2n) is 5.98. The summed E-state index contributed by atoms with van der Waals surface area (Å²) in [5, 5.41) is 12.7. The Kier molecular flexibility index (Phi) is 15.1.